The smallest absolute Gasteiger partial charge is 0.242 e. The molecule has 1 aliphatic rings. The van der Waals surface area contributed by atoms with Crippen molar-refractivity contribution in [1.82, 2.24) is 30.6 Å². The third-order valence-electron chi connectivity index (χ3n) is 4.76. The first-order valence-electron chi connectivity index (χ1n) is 9.40. The van der Waals surface area contributed by atoms with Gasteiger partial charge in [-0.15, -0.1) is 0 Å². The van der Waals surface area contributed by atoms with Crippen molar-refractivity contribution in [1.29, 1.82) is 0 Å². The van der Waals surface area contributed by atoms with E-state index in [0.717, 1.165) is 35.7 Å². The highest BCUT2D eigenvalue weighted by molar-refractivity contribution is 5.87. The molecule has 2 heterocycles. The van der Waals surface area contributed by atoms with Crippen molar-refractivity contribution >= 4 is 11.8 Å². The summed E-state index contributed by atoms with van der Waals surface area (Å²) in [6.45, 7) is 3.86. The van der Waals surface area contributed by atoms with Crippen molar-refractivity contribution in [2.24, 2.45) is 0 Å². The van der Waals surface area contributed by atoms with E-state index in [1.165, 1.54) is 25.3 Å². The number of aromatic nitrogens is 4. The Morgan fingerprint density at radius 2 is 2.07 bits per heavy atom. The van der Waals surface area contributed by atoms with Crippen LogP contribution in [0.15, 0.2) is 12.5 Å². The fourth-order valence-corrected chi connectivity index (χ4v) is 3.45. The number of imidazole rings is 1. The van der Waals surface area contributed by atoms with Gasteiger partial charge >= 0.3 is 0 Å². The Morgan fingerprint density at radius 3 is 2.81 bits per heavy atom. The van der Waals surface area contributed by atoms with Gasteiger partial charge < -0.3 is 15.6 Å². The number of hydrogen-bond acceptors (Lipinski definition) is 5. The summed E-state index contributed by atoms with van der Waals surface area (Å²) in [7, 11) is 0. The molecule has 144 valence electrons. The number of hydrogen-bond donors (Lipinski definition) is 3. The number of nitrogens with one attached hydrogen (secondary N) is 3. The summed E-state index contributed by atoms with van der Waals surface area (Å²) in [5, 5.41) is 5.57. The number of carbonyl (C=O) groups is 2. The maximum absolute atomic E-state index is 12.5. The fraction of sp³-hybridized carbons (Fsp3) is 0.526. The van der Waals surface area contributed by atoms with Crippen molar-refractivity contribution in [2.75, 3.05) is 6.54 Å². The Hall–Kier alpha value is -2.77. The molecule has 0 aliphatic heterocycles. The molecule has 3 N–H and O–H groups in total. The number of aryl methyl sites for hydroxylation is 2. The van der Waals surface area contributed by atoms with E-state index in [1.54, 1.807) is 12.5 Å². The molecule has 2 aromatic rings. The predicted octanol–water partition coefficient (Wildman–Crippen LogP) is 0.793. The zero-order chi connectivity index (χ0) is 19.2. The SMILES string of the molecule is CC(=O)N[C@@H](Cc1cnc[nH]1)C(=O)NCCc1nc(C)c2c(n1)CCCC2. The Bertz CT molecular complexity index is 803. The second-order valence-corrected chi connectivity index (χ2v) is 6.93. The minimum Gasteiger partial charge on any atom is -0.354 e. The maximum atomic E-state index is 12.5. The normalized spacial score (nSPS) is 14.3. The molecule has 0 spiro atoms. The van der Waals surface area contributed by atoms with E-state index >= 15 is 0 Å². The third kappa shape index (κ3) is 5.12. The standard InChI is InChI=1S/C19H26N6O2/c1-12-15-5-3-4-6-16(15)25-18(23-12)7-8-21-19(27)17(24-13(2)26)9-14-10-20-11-22-14/h10-11,17H,3-9H2,1-2H3,(H,20,22)(H,21,27)(H,24,26)/t17-/m0/s1. The maximum Gasteiger partial charge on any atom is 0.242 e. The lowest BCUT2D eigenvalue weighted by atomic mass is 9.95. The summed E-state index contributed by atoms with van der Waals surface area (Å²) < 4.78 is 0. The van der Waals surface area contributed by atoms with Crippen LogP contribution in [0.2, 0.25) is 0 Å². The van der Waals surface area contributed by atoms with E-state index in [9.17, 15) is 9.59 Å². The molecule has 0 radical (unpaired) electrons. The summed E-state index contributed by atoms with van der Waals surface area (Å²) >= 11 is 0. The highest BCUT2D eigenvalue weighted by atomic mass is 16.2. The summed E-state index contributed by atoms with van der Waals surface area (Å²) in [6, 6.07) is -0.644. The lowest BCUT2D eigenvalue weighted by Gasteiger charge is -2.18. The van der Waals surface area contributed by atoms with Crippen LogP contribution < -0.4 is 10.6 Å². The van der Waals surface area contributed by atoms with Crippen molar-refractivity contribution in [3.05, 3.63) is 41.0 Å². The molecular formula is C19H26N6O2. The Kier molecular flexibility index (Phi) is 6.16. The Morgan fingerprint density at radius 1 is 1.26 bits per heavy atom. The summed E-state index contributed by atoms with van der Waals surface area (Å²) in [6.07, 6.45) is 8.56. The van der Waals surface area contributed by atoms with Crippen molar-refractivity contribution in [3.8, 4) is 0 Å². The van der Waals surface area contributed by atoms with Crippen LogP contribution in [0.25, 0.3) is 0 Å². The van der Waals surface area contributed by atoms with Gasteiger partial charge in [-0.3, -0.25) is 9.59 Å². The van der Waals surface area contributed by atoms with Crippen LogP contribution in [0.3, 0.4) is 0 Å². The molecule has 0 saturated carbocycles. The monoisotopic (exact) mass is 370 g/mol. The van der Waals surface area contributed by atoms with Crippen LogP contribution in [0.1, 0.15) is 48.2 Å². The lowest BCUT2D eigenvalue weighted by molar-refractivity contribution is -0.128. The number of nitrogens with zero attached hydrogens (tertiary/aromatic N) is 3. The molecule has 1 aliphatic carbocycles. The zero-order valence-electron chi connectivity index (χ0n) is 15.8. The van der Waals surface area contributed by atoms with Gasteiger partial charge in [-0.05, 0) is 38.2 Å². The first kappa shape index (κ1) is 19.0. The number of fused-ring (bicyclic) bond motifs is 1. The largest absolute Gasteiger partial charge is 0.354 e. The molecule has 27 heavy (non-hydrogen) atoms. The van der Waals surface area contributed by atoms with Gasteiger partial charge in [0.15, 0.2) is 0 Å². The van der Waals surface area contributed by atoms with E-state index in [-0.39, 0.29) is 11.8 Å². The van der Waals surface area contributed by atoms with Crippen LogP contribution in [-0.2, 0) is 35.3 Å². The highest BCUT2D eigenvalue weighted by Gasteiger charge is 2.21. The lowest BCUT2D eigenvalue weighted by Crippen LogP contribution is -2.47. The molecule has 0 fully saturated rings. The van der Waals surface area contributed by atoms with Crippen LogP contribution in [0.5, 0.6) is 0 Å². The number of H-pyrrole nitrogens is 1. The molecule has 0 saturated heterocycles. The molecular weight excluding hydrogens is 344 g/mol. The molecule has 8 heteroatoms. The zero-order valence-corrected chi connectivity index (χ0v) is 15.8. The minimum absolute atomic E-state index is 0.227. The summed E-state index contributed by atoms with van der Waals surface area (Å²) in [5.74, 6) is 0.288. The molecule has 3 rings (SSSR count). The molecule has 0 unspecified atom stereocenters. The van der Waals surface area contributed by atoms with Gasteiger partial charge in [-0.25, -0.2) is 15.0 Å². The van der Waals surface area contributed by atoms with Crippen LogP contribution in [-0.4, -0.2) is 44.3 Å². The number of rotatable bonds is 7. The van der Waals surface area contributed by atoms with Crippen LogP contribution >= 0.6 is 0 Å². The van der Waals surface area contributed by atoms with Crippen LogP contribution in [0, 0.1) is 6.92 Å². The topological polar surface area (TPSA) is 113 Å². The summed E-state index contributed by atoms with van der Waals surface area (Å²) in [4.78, 5) is 40.1. The molecule has 2 aromatic heterocycles. The van der Waals surface area contributed by atoms with Gasteiger partial charge in [0.2, 0.25) is 11.8 Å². The van der Waals surface area contributed by atoms with E-state index in [1.807, 2.05) is 6.92 Å². The number of aromatic amines is 1. The van der Waals surface area contributed by atoms with Gasteiger partial charge in [0.25, 0.3) is 0 Å². The quantitative estimate of drug-likeness (QED) is 0.667. The van der Waals surface area contributed by atoms with E-state index in [4.69, 9.17) is 0 Å². The molecule has 1 atom stereocenters. The number of carbonyl (C=O) groups excluding carboxylic acids is 2. The van der Waals surface area contributed by atoms with Gasteiger partial charge in [0.05, 0.1) is 6.33 Å². The van der Waals surface area contributed by atoms with E-state index < -0.39 is 6.04 Å². The van der Waals surface area contributed by atoms with Gasteiger partial charge in [0.1, 0.15) is 11.9 Å². The fourth-order valence-electron chi connectivity index (χ4n) is 3.45. The van der Waals surface area contributed by atoms with Gasteiger partial charge in [-0.2, -0.15) is 0 Å². The van der Waals surface area contributed by atoms with Gasteiger partial charge in [0, 0.05) is 49.6 Å². The second kappa shape index (κ2) is 8.75. The van der Waals surface area contributed by atoms with E-state index in [0.29, 0.717) is 19.4 Å². The third-order valence-corrected chi connectivity index (χ3v) is 4.76. The van der Waals surface area contributed by atoms with Crippen molar-refractivity contribution in [2.45, 2.75) is 58.4 Å². The molecule has 0 aromatic carbocycles. The average molecular weight is 370 g/mol. The van der Waals surface area contributed by atoms with E-state index in [2.05, 4.69) is 30.6 Å². The molecule has 0 bridgehead atoms. The van der Waals surface area contributed by atoms with Gasteiger partial charge in [-0.1, -0.05) is 0 Å². The predicted molar refractivity (Wildman–Crippen MR) is 100 cm³/mol. The minimum atomic E-state index is -0.644. The number of amides is 2. The van der Waals surface area contributed by atoms with Crippen LogP contribution in [0.4, 0.5) is 0 Å². The molecule has 2 amide bonds. The first-order chi connectivity index (χ1) is 13.0. The Labute approximate surface area is 158 Å². The average Bonchev–Trinajstić information content (AvgIpc) is 3.14. The molecule has 8 nitrogen and oxygen atoms in total. The Balaban J connectivity index is 1.57. The second-order valence-electron chi connectivity index (χ2n) is 6.93. The van der Waals surface area contributed by atoms with Crippen molar-refractivity contribution < 1.29 is 9.59 Å². The summed E-state index contributed by atoms with van der Waals surface area (Å²) in [5.41, 5.74) is 4.29. The first-order valence-corrected chi connectivity index (χ1v) is 9.40. The van der Waals surface area contributed by atoms with Crippen molar-refractivity contribution in [3.63, 3.8) is 0 Å². The highest BCUT2D eigenvalue weighted by Crippen LogP contribution is 2.21.